The number of rotatable bonds is 5. The van der Waals surface area contributed by atoms with Crippen molar-refractivity contribution in [2.45, 2.75) is 38.6 Å². The molecule has 2 aromatic carbocycles. The molecule has 0 bridgehead atoms. The van der Waals surface area contributed by atoms with Gasteiger partial charge in [-0.2, -0.15) is 4.98 Å². The number of hydrazine groups is 1. The number of nitrogens with one attached hydrogen (secondary N) is 2. The first kappa shape index (κ1) is 21.0. The van der Waals surface area contributed by atoms with Crippen molar-refractivity contribution in [3.05, 3.63) is 77.8 Å². The average molecular weight is 462 g/mol. The van der Waals surface area contributed by atoms with Gasteiger partial charge >= 0.3 is 0 Å². The molecule has 2 aliphatic heterocycles. The monoisotopic (exact) mass is 461 g/mol. The van der Waals surface area contributed by atoms with Crippen molar-refractivity contribution in [2.24, 2.45) is 0 Å². The van der Waals surface area contributed by atoms with Crippen LogP contribution in [0.3, 0.4) is 0 Å². The first-order valence-corrected chi connectivity index (χ1v) is 11.2. The van der Waals surface area contributed by atoms with Gasteiger partial charge in [0.05, 0.1) is 11.4 Å². The molecule has 4 aromatic rings. The summed E-state index contributed by atoms with van der Waals surface area (Å²) in [6.45, 7) is 4.89. The number of benzene rings is 2. The molecule has 34 heavy (non-hydrogen) atoms. The molecule has 2 aromatic heterocycles. The van der Waals surface area contributed by atoms with E-state index >= 15 is 0 Å². The third-order valence-electron chi connectivity index (χ3n) is 6.16. The molecular formula is C24H24FN7O2. The van der Waals surface area contributed by atoms with Gasteiger partial charge in [0.1, 0.15) is 42.5 Å². The van der Waals surface area contributed by atoms with Gasteiger partial charge in [-0.1, -0.05) is 37.2 Å². The van der Waals surface area contributed by atoms with Crippen molar-refractivity contribution in [3.8, 4) is 23.0 Å². The Morgan fingerprint density at radius 3 is 2.82 bits per heavy atom. The van der Waals surface area contributed by atoms with Gasteiger partial charge in [0.15, 0.2) is 0 Å². The van der Waals surface area contributed by atoms with Crippen LogP contribution in [0, 0.1) is 5.82 Å². The Morgan fingerprint density at radius 1 is 1.18 bits per heavy atom. The van der Waals surface area contributed by atoms with Gasteiger partial charge in [0.25, 0.3) is 0 Å². The van der Waals surface area contributed by atoms with E-state index in [-0.39, 0.29) is 24.1 Å². The van der Waals surface area contributed by atoms with Crippen LogP contribution in [-0.2, 0) is 6.54 Å². The van der Waals surface area contributed by atoms with Gasteiger partial charge < -0.3 is 13.8 Å². The number of nitrogens with zero attached hydrogens (tertiary/aromatic N) is 5. The summed E-state index contributed by atoms with van der Waals surface area (Å²) in [6.07, 6.45) is 1.30. The second-order valence-corrected chi connectivity index (χ2v) is 8.73. The molecule has 0 amide bonds. The van der Waals surface area contributed by atoms with Gasteiger partial charge in [-0.3, -0.25) is 4.90 Å². The van der Waals surface area contributed by atoms with Crippen LogP contribution >= 0.6 is 0 Å². The fraction of sp³-hybridized carbons (Fsp3) is 0.292. The highest BCUT2D eigenvalue weighted by Gasteiger charge is 2.40. The highest BCUT2D eigenvalue weighted by molar-refractivity contribution is 5.57. The largest absolute Gasteiger partial charge is 0.491 e. The molecule has 2 atom stereocenters. The molecule has 1 fully saturated rings. The van der Waals surface area contributed by atoms with E-state index in [4.69, 9.17) is 9.26 Å². The number of hydrogen-bond donors (Lipinski definition) is 2. The lowest BCUT2D eigenvalue weighted by Crippen LogP contribution is -2.41. The molecule has 174 valence electrons. The maximum atomic E-state index is 14.3. The van der Waals surface area contributed by atoms with Crippen LogP contribution in [0.5, 0.6) is 5.75 Å². The molecule has 9 nitrogen and oxygen atoms in total. The second kappa shape index (κ2) is 8.32. The van der Waals surface area contributed by atoms with E-state index in [0.717, 1.165) is 22.7 Å². The van der Waals surface area contributed by atoms with Crippen LogP contribution in [0.4, 0.5) is 4.39 Å². The molecule has 0 aliphatic carbocycles. The average Bonchev–Trinajstić information content (AvgIpc) is 3.56. The molecule has 0 saturated carbocycles. The number of aromatic nitrogens is 4. The van der Waals surface area contributed by atoms with Crippen LogP contribution < -0.4 is 15.6 Å². The van der Waals surface area contributed by atoms with Gasteiger partial charge in [-0.15, -0.1) is 0 Å². The lowest BCUT2D eigenvalue weighted by molar-refractivity contribution is 0.124. The normalized spacial score (nSPS) is 19.5. The van der Waals surface area contributed by atoms with Crippen LogP contribution in [0.2, 0.25) is 0 Å². The van der Waals surface area contributed by atoms with Gasteiger partial charge in [0, 0.05) is 18.0 Å². The van der Waals surface area contributed by atoms with Gasteiger partial charge in [0.2, 0.25) is 11.7 Å². The van der Waals surface area contributed by atoms with Crippen molar-refractivity contribution in [1.82, 2.24) is 35.4 Å². The molecule has 10 heteroatoms. The lowest BCUT2D eigenvalue weighted by Gasteiger charge is -2.26. The Kier molecular flexibility index (Phi) is 5.13. The summed E-state index contributed by atoms with van der Waals surface area (Å²) < 4.78 is 27.8. The summed E-state index contributed by atoms with van der Waals surface area (Å²) in [6, 6.07) is 14.4. The van der Waals surface area contributed by atoms with Crippen molar-refractivity contribution in [2.75, 3.05) is 6.61 Å². The number of para-hydroxylation sites is 1. The Morgan fingerprint density at radius 2 is 2.03 bits per heavy atom. The topological polar surface area (TPSA) is 93.3 Å². The Labute approximate surface area is 195 Å². The first-order valence-electron chi connectivity index (χ1n) is 11.2. The van der Waals surface area contributed by atoms with Gasteiger partial charge in [-0.25, -0.2) is 20.2 Å². The summed E-state index contributed by atoms with van der Waals surface area (Å²) in [5.41, 5.74) is 9.80. The minimum Gasteiger partial charge on any atom is -0.491 e. The summed E-state index contributed by atoms with van der Waals surface area (Å²) >= 11 is 0. The number of imidazole rings is 1. The van der Waals surface area contributed by atoms with Crippen LogP contribution in [0.25, 0.3) is 17.2 Å². The van der Waals surface area contributed by atoms with Crippen molar-refractivity contribution < 1.29 is 13.7 Å². The maximum Gasteiger partial charge on any atom is 0.229 e. The van der Waals surface area contributed by atoms with Crippen molar-refractivity contribution in [1.29, 1.82) is 0 Å². The van der Waals surface area contributed by atoms with E-state index in [1.165, 1.54) is 6.07 Å². The zero-order valence-electron chi connectivity index (χ0n) is 18.8. The summed E-state index contributed by atoms with van der Waals surface area (Å²) in [5.74, 6) is 1.60. The maximum absolute atomic E-state index is 14.3. The molecule has 1 saturated heterocycles. The number of halogens is 1. The lowest BCUT2D eigenvalue weighted by atomic mass is 10.1. The molecule has 0 spiro atoms. The molecule has 6 rings (SSSR count). The van der Waals surface area contributed by atoms with E-state index < -0.39 is 0 Å². The van der Waals surface area contributed by atoms with E-state index in [2.05, 4.69) is 30.9 Å². The van der Waals surface area contributed by atoms with E-state index in [1.54, 1.807) is 18.5 Å². The fourth-order valence-electron chi connectivity index (χ4n) is 4.43. The van der Waals surface area contributed by atoms with Gasteiger partial charge in [-0.05, 0) is 30.3 Å². The molecule has 2 unspecified atom stereocenters. The number of hydrogen-bond acceptors (Lipinski definition) is 8. The number of ether oxygens (including phenoxy) is 1. The van der Waals surface area contributed by atoms with Crippen LogP contribution in [0.15, 0.2) is 59.4 Å². The summed E-state index contributed by atoms with van der Waals surface area (Å²) in [7, 11) is 0. The minimum absolute atomic E-state index is 0.113. The third kappa shape index (κ3) is 3.56. The zero-order valence-corrected chi connectivity index (χ0v) is 18.8. The Balaban J connectivity index is 1.40. The van der Waals surface area contributed by atoms with E-state index in [0.29, 0.717) is 30.6 Å². The molecule has 0 radical (unpaired) electrons. The molecular weight excluding hydrogens is 437 g/mol. The highest BCUT2D eigenvalue weighted by atomic mass is 19.1. The predicted octanol–water partition coefficient (Wildman–Crippen LogP) is 3.51. The zero-order chi connectivity index (χ0) is 23.2. The second-order valence-electron chi connectivity index (χ2n) is 8.73. The smallest absolute Gasteiger partial charge is 0.229 e. The molecule has 2 N–H and O–H groups in total. The van der Waals surface area contributed by atoms with E-state index in [9.17, 15) is 4.39 Å². The minimum atomic E-state index is -0.298. The number of fused-ring (bicyclic) bond motifs is 5. The van der Waals surface area contributed by atoms with Crippen molar-refractivity contribution in [3.63, 3.8) is 0 Å². The molecule has 4 heterocycles. The quantitative estimate of drug-likeness (QED) is 0.467. The predicted molar refractivity (Wildman–Crippen MR) is 121 cm³/mol. The fourth-order valence-corrected chi connectivity index (χ4v) is 4.43. The highest BCUT2D eigenvalue weighted by Crippen LogP contribution is 2.37. The first-order chi connectivity index (χ1) is 16.6. The molecule has 2 aliphatic rings. The summed E-state index contributed by atoms with van der Waals surface area (Å²) in [4.78, 5) is 11.4. The standard InChI is InChI=1S/C24H24FN7O2/c1-14(2)24-27-22(30-34-24)21-19-11-31-20(12-33-16-6-4-3-5-7-16)28-29-23(31)17-10-15(25)8-9-18(17)32(19)13-26-21/h3-10,13-14,20,23,28-29H,11-12H2,1-2H3. The van der Waals surface area contributed by atoms with Crippen LogP contribution in [-0.4, -0.2) is 37.4 Å². The Hall–Kier alpha value is -3.60. The van der Waals surface area contributed by atoms with Crippen LogP contribution in [0.1, 0.15) is 43.1 Å². The SMILES string of the molecule is CC(C)c1nc(-c2ncn3c2CN2C(COc4ccccc4)NNC2c2cc(F)ccc2-3)no1. The Bertz CT molecular complexity index is 1320. The third-order valence-corrected chi connectivity index (χ3v) is 6.16. The van der Waals surface area contributed by atoms with E-state index in [1.807, 2.05) is 48.7 Å². The summed E-state index contributed by atoms with van der Waals surface area (Å²) in [5, 5.41) is 4.17. The van der Waals surface area contributed by atoms with Crippen molar-refractivity contribution >= 4 is 0 Å².